The van der Waals surface area contributed by atoms with Crippen LogP contribution in [0.4, 0.5) is 0 Å². The first-order valence-electron chi connectivity index (χ1n) is 6.08. The van der Waals surface area contributed by atoms with Gasteiger partial charge in [0.25, 0.3) is 5.91 Å². The normalized spacial score (nSPS) is 21.1. The molecular weight excluding hydrogens is 284 g/mol. The van der Waals surface area contributed by atoms with Crippen LogP contribution in [0.2, 0.25) is 0 Å². The molecule has 2 heterocycles. The van der Waals surface area contributed by atoms with Crippen molar-refractivity contribution >= 4 is 21.7 Å². The van der Waals surface area contributed by atoms with E-state index in [2.05, 4.69) is 10.3 Å². The first kappa shape index (κ1) is 14.4. The van der Waals surface area contributed by atoms with E-state index in [1.54, 1.807) is 0 Å². The predicted molar refractivity (Wildman–Crippen MR) is 70.3 cm³/mol. The molecule has 1 saturated heterocycles. The number of aromatic nitrogens is 1. The van der Waals surface area contributed by atoms with Crippen LogP contribution in [0.25, 0.3) is 0 Å². The molecular formula is C12H14N2O5S. The van der Waals surface area contributed by atoms with E-state index >= 15 is 0 Å². The van der Waals surface area contributed by atoms with Gasteiger partial charge in [0.15, 0.2) is 9.84 Å². The van der Waals surface area contributed by atoms with E-state index in [0.717, 1.165) is 6.07 Å². The highest BCUT2D eigenvalue weighted by Crippen LogP contribution is 2.13. The Morgan fingerprint density at radius 1 is 1.40 bits per heavy atom. The lowest BCUT2D eigenvalue weighted by Crippen LogP contribution is -2.43. The summed E-state index contributed by atoms with van der Waals surface area (Å²) in [5.74, 6) is -1.63. The van der Waals surface area contributed by atoms with Crippen molar-refractivity contribution in [1.29, 1.82) is 0 Å². The maximum atomic E-state index is 12.0. The Labute approximate surface area is 115 Å². The van der Waals surface area contributed by atoms with Gasteiger partial charge >= 0.3 is 5.97 Å². The molecule has 0 unspecified atom stereocenters. The van der Waals surface area contributed by atoms with Gasteiger partial charge in [0.1, 0.15) is 5.69 Å². The highest BCUT2D eigenvalue weighted by molar-refractivity contribution is 7.91. The number of pyridine rings is 1. The minimum Gasteiger partial charge on any atom is -0.477 e. The fourth-order valence-electron chi connectivity index (χ4n) is 2.09. The fourth-order valence-corrected chi connectivity index (χ4v) is 3.73. The molecule has 20 heavy (non-hydrogen) atoms. The molecule has 108 valence electrons. The molecule has 1 aromatic heterocycles. The van der Waals surface area contributed by atoms with Gasteiger partial charge in [-0.2, -0.15) is 0 Å². The highest BCUT2D eigenvalue weighted by Gasteiger charge is 2.26. The highest BCUT2D eigenvalue weighted by atomic mass is 32.2. The third-order valence-corrected chi connectivity index (χ3v) is 4.86. The third kappa shape index (κ3) is 3.53. The average molecular weight is 298 g/mol. The van der Waals surface area contributed by atoms with Gasteiger partial charge in [-0.1, -0.05) is 0 Å². The van der Waals surface area contributed by atoms with E-state index < -0.39 is 27.8 Å². The summed E-state index contributed by atoms with van der Waals surface area (Å²) >= 11 is 0. The first-order valence-corrected chi connectivity index (χ1v) is 7.90. The second kappa shape index (κ2) is 5.58. The van der Waals surface area contributed by atoms with Crippen LogP contribution < -0.4 is 5.32 Å². The maximum Gasteiger partial charge on any atom is 0.354 e. The van der Waals surface area contributed by atoms with E-state index in [0.29, 0.717) is 12.8 Å². The van der Waals surface area contributed by atoms with E-state index in [4.69, 9.17) is 5.11 Å². The Morgan fingerprint density at radius 3 is 2.80 bits per heavy atom. The lowest BCUT2D eigenvalue weighted by molar-refractivity contribution is 0.0690. The number of carbonyl (C=O) groups excluding carboxylic acids is 1. The van der Waals surface area contributed by atoms with Gasteiger partial charge in [-0.05, 0) is 25.0 Å². The summed E-state index contributed by atoms with van der Waals surface area (Å²) in [6, 6.07) is 2.12. The van der Waals surface area contributed by atoms with E-state index in [1.807, 2.05) is 0 Å². The van der Waals surface area contributed by atoms with Gasteiger partial charge < -0.3 is 10.4 Å². The van der Waals surface area contributed by atoms with Gasteiger partial charge in [-0.25, -0.2) is 18.2 Å². The minimum absolute atomic E-state index is 0.0738. The number of sulfone groups is 1. The smallest absolute Gasteiger partial charge is 0.354 e. The van der Waals surface area contributed by atoms with E-state index in [1.165, 1.54) is 12.3 Å². The number of carboxylic acids is 1. The van der Waals surface area contributed by atoms with Gasteiger partial charge in [0, 0.05) is 17.8 Å². The van der Waals surface area contributed by atoms with Crippen molar-refractivity contribution in [2.45, 2.75) is 18.9 Å². The molecule has 0 spiro atoms. The molecule has 0 aromatic carbocycles. The molecule has 1 amide bonds. The Morgan fingerprint density at radius 2 is 2.15 bits per heavy atom. The summed E-state index contributed by atoms with van der Waals surface area (Å²) in [6.45, 7) is 0. The van der Waals surface area contributed by atoms with Crippen LogP contribution >= 0.6 is 0 Å². The number of hydrogen-bond acceptors (Lipinski definition) is 5. The second-order valence-corrected chi connectivity index (χ2v) is 6.89. The van der Waals surface area contributed by atoms with Crippen LogP contribution in [0, 0.1) is 0 Å². The monoisotopic (exact) mass is 298 g/mol. The third-order valence-electron chi connectivity index (χ3n) is 3.04. The topological polar surface area (TPSA) is 113 Å². The molecule has 1 aromatic rings. The van der Waals surface area contributed by atoms with Crippen molar-refractivity contribution in [3.05, 3.63) is 29.6 Å². The maximum absolute atomic E-state index is 12.0. The lowest BCUT2D eigenvalue weighted by atomic mass is 10.1. The van der Waals surface area contributed by atoms with Crippen molar-refractivity contribution in [1.82, 2.24) is 10.3 Å². The summed E-state index contributed by atoms with van der Waals surface area (Å²) in [4.78, 5) is 26.4. The molecule has 0 aliphatic carbocycles. The Balaban J connectivity index is 2.08. The summed E-state index contributed by atoms with van der Waals surface area (Å²) in [5, 5.41) is 11.4. The standard InChI is InChI=1S/C12H14N2O5S/c15-11(8-3-4-13-10(6-8)12(16)17)14-9-2-1-5-20(18,19)7-9/h3-4,6,9H,1-2,5,7H2,(H,14,15)(H,16,17)/t9-/m0/s1. The van der Waals surface area contributed by atoms with Crippen molar-refractivity contribution in [2.24, 2.45) is 0 Å². The number of carbonyl (C=O) groups is 2. The Bertz CT molecular complexity index is 641. The number of rotatable bonds is 3. The molecule has 0 saturated carbocycles. The largest absolute Gasteiger partial charge is 0.477 e. The predicted octanol–water partition coefficient (Wildman–Crippen LogP) is 0.0868. The molecule has 1 fully saturated rings. The molecule has 2 N–H and O–H groups in total. The summed E-state index contributed by atoms with van der Waals surface area (Å²) < 4.78 is 23.0. The van der Waals surface area contributed by atoms with Crippen molar-refractivity contribution in [3.8, 4) is 0 Å². The van der Waals surface area contributed by atoms with Crippen molar-refractivity contribution < 1.29 is 23.1 Å². The van der Waals surface area contributed by atoms with Crippen LogP contribution in [0.15, 0.2) is 18.3 Å². The molecule has 1 atom stereocenters. The lowest BCUT2D eigenvalue weighted by Gasteiger charge is -2.23. The van der Waals surface area contributed by atoms with Crippen molar-refractivity contribution in [3.63, 3.8) is 0 Å². The molecule has 7 nitrogen and oxygen atoms in total. The fraction of sp³-hybridized carbons (Fsp3) is 0.417. The van der Waals surface area contributed by atoms with Gasteiger partial charge in [-0.3, -0.25) is 4.79 Å². The second-order valence-electron chi connectivity index (χ2n) is 4.66. The molecule has 0 radical (unpaired) electrons. The zero-order valence-corrected chi connectivity index (χ0v) is 11.4. The Hall–Kier alpha value is -1.96. The van der Waals surface area contributed by atoms with E-state index in [9.17, 15) is 18.0 Å². The molecule has 8 heteroatoms. The van der Waals surface area contributed by atoms with Crippen LogP contribution in [0.5, 0.6) is 0 Å². The van der Waals surface area contributed by atoms with Crippen LogP contribution in [0.1, 0.15) is 33.7 Å². The van der Waals surface area contributed by atoms with Gasteiger partial charge in [0.05, 0.1) is 11.5 Å². The molecule has 0 bridgehead atoms. The summed E-state index contributed by atoms with van der Waals surface area (Å²) in [7, 11) is -3.10. The SMILES string of the molecule is O=C(N[C@H]1CCCS(=O)(=O)C1)c1ccnc(C(=O)O)c1. The van der Waals surface area contributed by atoms with Gasteiger partial charge in [-0.15, -0.1) is 0 Å². The van der Waals surface area contributed by atoms with Crippen LogP contribution in [-0.4, -0.2) is 47.9 Å². The number of carboxylic acid groups (broad SMARTS) is 1. The average Bonchev–Trinajstić information content (AvgIpc) is 2.37. The van der Waals surface area contributed by atoms with Crippen molar-refractivity contribution in [2.75, 3.05) is 11.5 Å². The quantitative estimate of drug-likeness (QED) is 0.817. The number of amides is 1. The number of nitrogens with one attached hydrogen (secondary N) is 1. The number of aromatic carboxylic acids is 1. The molecule has 1 aliphatic rings. The number of hydrogen-bond donors (Lipinski definition) is 2. The number of nitrogens with zero attached hydrogens (tertiary/aromatic N) is 1. The summed E-state index contributed by atoms with van der Waals surface area (Å²) in [5.41, 5.74) is -0.0747. The Kier molecular flexibility index (Phi) is 4.03. The zero-order valence-electron chi connectivity index (χ0n) is 10.6. The first-order chi connectivity index (χ1) is 9.37. The molecule has 2 rings (SSSR count). The summed E-state index contributed by atoms with van der Waals surface area (Å²) in [6.07, 6.45) is 2.35. The molecule has 1 aliphatic heterocycles. The van der Waals surface area contributed by atoms with Gasteiger partial charge in [0.2, 0.25) is 0 Å². The van der Waals surface area contributed by atoms with E-state index in [-0.39, 0.29) is 22.8 Å². The minimum atomic E-state index is -3.10. The van der Waals surface area contributed by atoms with Crippen LogP contribution in [0.3, 0.4) is 0 Å². The zero-order chi connectivity index (χ0) is 14.8. The van der Waals surface area contributed by atoms with Crippen LogP contribution in [-0.2, 0) is 9.84 Å².